The van der Waals surface area contributed by atoms with Crippen molar-refractivity contribution in [1.82, 2.24) is 15.0 Å². The van der Waals surface area contributed by atoms with Crippen molar-refractivity contribution in [3.05, 3.63) is 32.7 Å². The molecule has 1 N–H and O–H groups in total. The van der Waals surface area contributed by atoms with E-state index >= 15 is 0 Å². The summed E-state index contributed by atoms with van der Waals surface area (Å²) < 4.78 is 2.91. The lowest BCUT2D eigenvalue weighted by atomic mass is 10.1. The zero-order valence-electron chi connectivity index (χ0n) is 10.3. The third-order valence-electron chi connectivity index (χ3n) is 2.63. The van der Waals surface area contributed by atoms with E-state index in [1.807, 2.05) is 6.20 Å². The molecule has 0 amide bonds. The van der Waals surface area contributed by atoms with Crippen molar-refractivity contribution >= 4 is 33.2 Å². The third kappa shape index (κ3) is 4.76. The molecule has 0 saturated heterocycles. The number of aryl methyl sites for hydroxylation is 1. The smallest absolute Gasteiger partial charge is 0.303 e. The van der Waals surface area contributed by atoms with Crippen LogP contribution in [0.4, 0.5) is 0 Å². The zero-order valence-corrected chi connectivity index (χ0v) is 12.7. The number of aliphatic carboxylic acids is 1. The van der Waals surface area contributed by atoms with Crippen LogP contribution in [0.5, 0.6) is 0 Å². The molecule has 0 aromatic carbocycles. The molecule has 2 aromatic heterocycles. The maximum Gasteiger partial charge on any atom is 0.303 e. The van der Waals surface area contributed by atoms with Crippen molar-refractivity contribution in [3.8, 4) is 0 Å². The van der Waals surface area contributed by atoms with Gasteiger partial charge in [-0.1, -0.05) is 5.21 Å². The summed E-state index contributed by atoms with van der Waals surface area (Å²) in [5.74, 6) is -0.744. The maximum atomic E-state index is 10.4. The Morgan fingerprint density at radius 2 is 2.32 bits per heavy atom. The average Bonchev–Trinajstić information content (AvgIpc) is 2.95. The van der Waals surface area contributed by atoms with Crippen molar-refractivity contribution in [1.29, 1.82) is 0 Å². The lowest BCUT2D eigenvalue weighted by Crippen LogP contribution is -1.98. The van der Waals surface area contributed by atoms with Crippen LogP contribution in [0.2, 0.25) is 0 Å². The quantitative estimate of drug-likeness (QED) is 0.784. The maximum absolute atomic E-state index is 10.4. The highest BCUT2D eigenvalue weighted by molar-refractivity contribution is 9.11. The first kappa shape index (κ1) is 14.2. The van der Waals surface area contributed by atoms with Gasteiger partial charge < -0.3 is 5.11 Å². The van der Waals surface area contributed by atoms with Crippen LogP contribution in [-0.4, -0.2) is 26.1 Å². The number of carboxylic acid groups (broad SMARTS) is 1. The van der Waals surface area contributed by atoms with Gasteiger partial charge in [-0.25, -0.2) is 4.68 Å². The average molecular weight is 344 g/mol. The zero-order chi connectivity index (χ0) is 13.7. The van der Waals surface area contributed by atoms with Crippen molar-refractivity contribution in [2.24, 2.45) is 0 Å². The molecule has 7 heteroatoms. The Labute approximate surface area is 123 Å². The van der Waals surface area contributed by atoms with Gasteiger partial charge in [0.05, 0.1) is 16.0 Å². The van der Waals surface area contributed by atoms with Crippen LogP contribution in [0.25, 0.3) is 0 Å². The van der Waals surface area contributed by atoms with Crippen LogP contribution in [0, 0.1) is 0 Å². The Kier molecular flexibility index (Phi) is 5.09. The third-order valence-corrected chi connectivity index (χ3v) is 4.18. The van der Waals surface area contributed by atoms with Crippen LogP contribution in [-0.2, 0) is 17.8 Å². The molecular weight excluding hydrogens is 330 g/mol. The summed E-state index contributed by atoms with van der Waals surface area (Å²) in [6, 6.07) is 2.07. The molecule has 0 atom stereocenters. The minimum atomic E-state index is -0.744. The summed E-state index contributed by atoms with van der Waals surface area (Å²) in [4.78, 5) is 10.4. The van der Waals surface area contributed by atoms with E-state index in [-0.39, 0.29) is 6.42 Å². The minimum absolute atomic E-state index is 0.219. The number of thiophene rings is 1. The fourth-order valence-corrected chi connectivity index (χ4v) is 2.93. The second-order valence-corrected chi connectivity index (χ2v) is 6.56. The molecule has 0 radical (unpaired) electrons. The summed E-state index contributed by atoms with van der Waals surface area (Å²) >= 11 is 5.08. The van der Waals surface area contributed by atoms with Gasteiger partial charge in [0, 0.05) is 12.6 Å². The Hall–Kier alpha value is -1.21. The number of aromatic nitrogens is 3. The summed E-state index contributed by atoms with van der Waals surface area (Å²) in [7, 11) is 0. The van der Waals surface area contributed by atoms with E-state index in [0.29, 0.717) is 13.0 Å². The number of hydrogen-bond donors (Lipinski definition) is 1. The molecule has 0 aliphatic carbocycles. The van der Waals surface area contributed by atoms with Gasteiger partial charge in [-0.3, -0.25) is 4.79 Å². The first-order valence-corrected chi connectivity index (χ1v) is 7.64. The molecule has 0 saturated carbocycles. The largest absolute Gasteiger partial charge is 0.481 e. The SMILES string of the molecule is O=C(O)CCCCc1cn(Cc2csc(Br)c2)nn1. The number of carboxylic acids is 1. The summed E-state index contributed by atoms with van der Waals surface area (Å²) in [5, 5.41) is 18.8. The molecule has 19 heavy (non-hydrogen) atoms. The first-order valence-electron chi connectivity index (χ1n) is 5.97. The summed E-state index contributed by atoms with van der Waals surface area (Å²) in [6.45, 7) is 0.713. The highest BCUT2D eigenvalue weighted by atomic mass is 79.9. The van der Waals surface area contributed by atoms with Gasteiger partial charge in [0.15, 0.2) is 0 Å². The second kappa shape index (κ2) is 6.81. The molecule has 2 rings (SSSR count). The fourth-order valence-electron chi connectivity index (χ4n) is 1.73. The lowest BCUT2D eigenvalue weighted by molar-refractivity contribution is -0.137. The Bertz CT molecular complexity index is 553. The molecule has 102 valence electrons. The number of nitrogens with zero attached hydrogens (tertiary/aromatic N) is 3. The van der Waals surface area contributed by atoms with Crippen molar-refractivity contribution in [3.63, 3.8) is 0 Å². The van der Waals surface area contributed by atoms with E-state index in [0.717, 1.165) is 22.3 Å². The minimum Gasteiger partial charge on any atom is -0.481 e. The van der Waals surface area contributed by atoms with Crippen LogP contribution in [0.1, 0.15) is 30.5 Å². The molecule has 2 heterocycles. The van der Waals surface area contributed by atoms with Gasteiger partial charge in [0.25, 0.3) is 0 Å². The molecule has 5 nitrogen and oxygen atoms in total. The first-order chi connectivity index (χ1) is 9.13. The summed E-state index contributed by atoms with van der Waals surface area (Å²) in [5.41, 5.74) is 2.11. The lowest BCUT2D eigenvalue weighted by Gasteiger charge is -1.96. The second-order valence-electron chi connectivity index (χ2n) is 4.27. The highest BCUT2D eigenvalue weighted by Gasteiger charge is 2.04. The molecule has 0 fully saturated rings. The van der Waals surface area contributed by atoms with E-state index in [4.69, 9.17) is 5.11 Å². The molecule has 0 unspecified atom stereocenters. The Morgan fingerprint density at radius 3 is 3.00 bits per heavy atom. The van der Waals surface area contributed by atoms with Gasteiger partial charge in [0.1, 0.15) is 0 Å². The van der Waals surface area contributed by atoms with Gasteiger partial charge in [-0.2, -0.15) is 0 Å². The van der Waals surface area contributed by atoms with Gasteiger partial charge >= 0.3 is 5.97 Å². The van der Waals surface area contributed by atoms with Crippen LogP contribution in [0.15, 0.2) is 21.4 Å². The monoisotopic (exact) mass is 343 g/mol. The van der Waals surface area contributed by atoms with Crippen molar-refractivity contribution < 1.29 is 9.90 Å². The van der Waals surface area contributed by atoms with Crippen molar-refractivity contribution in [2.45, 2.75) is 32.2 Å². The predicted octanol–water partition coefficient (Wildman–Crippen LogP) is 2.95. The van der Waals surface area contributed by atoms with E-state index in [9.17, 15) is 4.79 Å². The highest BCUT2D eigenvalue weighted by Crippen LogP contribution is 2.21. The van der Waals surface area contributed by atoms with Gasteiger partial charge in [-0.05, 0) is 52.2 Å². The summed E-state index contributed by atoms with van der Waals surface area (Å²) in [6.07, 6.45) is 4.43. The van der Waals surface area contributed by atoms with E-state index < -0.39 is 5.97 Å². The molecular formula is C12H14BrN3O2S. The number of halogens is 1. The number of rotatable bonds is 7. The Morgan fingerprint density at radius 1 is 1.47 bits per heavy atom. The van der Waals surface area contributed by atoms with Crippen LogP contribution in [0.3, 0.4) is 0 Å². The molecule has 0 aliphatic rings. The van der Waals surface area contributed by atoms with E-state index in [2.05, 4.69) is 37.7 Å². The predicted molar refractivity (Wildman–Crippen MR) is 76.3 cm³/mol. The standard InChI is InChI=1S/C12H14BrN3O2S/c13-11-5-9(8-19-11)6-16-7-10(14-15-16)3-1-2-4-12(17)18/h5,7-8H,1-4,6H2,(H,17,18). The molecule has 0 spiro atoms. The number of unbranched alkanes of at least 4 members (excludes halogenated alkanes) is 1. The van der Waals surface area contributed by atoms with Crippen LogP contribution < -0.4 is 0 Å². The van der Waals surface area contributed by atoms with Crippen molar-refractivity contribution in [2.75, 3.05) is 0 Å². The van der Waals surface area contributed by atoms with E-state index in [1.54, 1.807) is 16.0 Å². The molecule has 2 aromatic rings. The molecule has 0 aliphatic heterocycles. The number of hydrogen-bond acceptors (Lipinski definition) is 4. The number of carbonyl (C=O) groups is 1. The molecule has 0 bridgehead atoms. The Balaban J connectivity index is 1.80. The fraction of sp³-hybridized carbons (Fsp3) is 0.417. The topological polar surface area (TPSA) is 68.0 Å². The van der Waals surface area contributed by atoms with E-state index in [1.165, 1.54) is 5.56 Å². The van der Waals surface area contributed by atoms with Gasteiger partial charge in [-0.15, -0.1) is 16.4 Å². The normalized spacial score (nSPS) is 10.8. The van der Waals surface area contributed by atoms with Gasteiger partial charge in [0.2, 0.25) is 0 Å². The van der Waals surface area contributed by atoms with Crippen LogP contribution >= 0.6 is 27.3 Å².